The molecule has 0 aromatic heterocycles. The molecule has 1 aromatic rings. The van der Waals surface area contributed by atoms with Crippen LogP contribution in [-0.4, -0.2) is 26.0 Å². The van der Waals surface area contributed by atoms with Crippen molar-refractivity contribution in [1.29, 1.82) is 0 Å². The van der Waals surface area contributed by atoms with E-state index in [4.69, 9.17) is 0 Å². The van der Waals surface area contributed by atoms with E-state index in [0.717, 1.165) is 5.56 Å². The fraction of sp³-hybridized carbons (Fsp3) is 0.200. The summed E-state index contributed by atoms with van der Waals surface area (Å²) in [6.07, 6.45) is 0. The molecule has 0 aliphatic heterocycles. The highest BCUT2D eigenvalue weighted by atomic mass is 16.6. The number of oxime groups is 1. The van der Waals surface area contributed by atoms with Crippen LogP contribution in [0.4, 0.5) is 4.79 Å². The van der Waals surface area contributed by atoms with E-state index in [-0.39, 0.29) is 6.03 Å². The average molecular weight is 207 g/mol. The van der Waals surface area contributed by atoms with Crippen molar-refractivity contribution in [3.8, 4) is 0 Å². The minimum atomic E-state index is -0.338. The first kappa shape index (κ1) is 11.0. The van der Waals surface area contributed by atoms with Crippen LogP contribution in [0.2, 0.25) is 0 Å². The number of benzene rings is 1. The lowest BCUT2D eigenvalue weighted by molar-refractivity contribution is 0.211. The topological polar surface area (TPSA) is 62.7 Å². The third-order valence-electron chi connectivity index (χ3n) is 1.69. The Labute approximate surface area is 88.1 Å². The Morgan fingerprint density at radius 2 is 2.00 bits per heavy atom. The second-order valence-electron chi connectivity index (χ2n) is 2.69. The van der Waals surface area contributed by atoms with Gasteiger partial charge in [0.05, 0.1) is 0 Å². The fourth-order valence-corrected chi connectivity index (χ4v) is 1.01. The van der Waals surface area contributed by atoms with Crippen molar-refractivity contribution < 1.29 is 9.63 Å². The summed E-state index contributed by atoms with van der Waals surface area (Å²) in [6, 6.07) is 8.91. The van der Waals surface area contributed by atoms with Gasteiger partial charge in [-0.3, -0.25) is 5.32 Å². The largest absolute Gasteiger partial charge is 0.397 e. The van der Waals surface area contributed by atoms with E-state index in [1.807, 2.05) is 30.3 Å². The smallest absolute Gasteiger partial charge is 0.320 e. The predicted octanol–water partition coefficient (Wildman–Crippen LogP) is 0.924. The molecule has 0 atom stereocenters. The van der Waals surface area contributed by atoms with Crippen LogP contribution in [0.15, 0.2) is 35.5 Å². The summed E-state index contributed by atoms with van der Waals surface area (Å²) in [6.45, 7) is 0. The van der Waals surface area contributed by atoms with Crippen LogP contribution >= 0.6 is 0 Å². The molecule has 5 heteroatoms. The maximum Gasteiger partial charge on any atom is 0.320 e. The van der Waals surface area contributed by atoms with Crippen molar-refractivity contribution in [3.05, 3.63) is 35.9 Å². The zero-order valence-electron chi connectivity index (χ0n) is 8.65. The van der Waals surface area contributed by atoms with Crippen molar-refractivity contribution in [1.82, 2.24) is 10.6 Å². The molecule has 0 spiro atoms. The third-order valence-corrected chi connectivity index (χ3v) is 1.69. The van der Waals surface area contributed by atoms with Gasteiger partial charge in [0.1, 0.15) is 7.11 Å². The highest BCUT2D eigenvalue weighted by Gasteiger charge is 2.06. The van der Waals surface area contributed by atoms with Crippen LogP contribution < -0.4 is 10.6 Å². The molecule has 15 heavy (non-hydrogen) atoms. The molecule has 2 amide bonds. The monoisotopic (exact) mass is 207 g/mol. The number of amides is 2. The number of hydrogen-bond donors (Lipinski definition) is 2. The number of hydrogen-bond acceptors (Lipinski definition) is 3. The number of carbonyl (C=O) groups excluding carboxylic acids is 1. The first-order valence-electron chi connectivity index (χ1n) is 4.43. The maximum absolute atomic E-state index is 11.1. The number of urea groups is 1. The lowest BCUT2D eigenvalue weighted by Crippen LogP contribution is -2.38. The van der Waals surface area contributed by atoms with Crippen LogP contribution in [0.3, 0.4) is 0 Å². The van der Waals surface area contributed by atoms with E-state index in [0.29, 0.717) is 5.84 Å². The van der Waals surface area contributed by atoms with Gasteiger partial charge in [0, 0.05) is 12.6 Å². The molecule has 2 N–H and O–H groups in total. The molecular formula is C10H13N3O2. The Morgan fingerprint density at radius 3 is 2.53 bits per heavy atom. The van der Waals surface area contributed by atoms with Gasteiger partial charge in [0.15, 0.2) is 5.84 Å². The normalized spacial score (nSPS) is 10.7. The van der Waals surface area contributed by atoms with Gasteiger partial charge in [-0.1, -0.05) is 35.5 Å². The molecule has 0 unspecified atom stereocenters. The number of amidine groups is 1. The molecule has 0 fully saturated rings. The van der Waals surface area contributed by atoms with Crippen LogP contribution in [0.25, 0.3) is 0 Å². The first-order valence-corrected chi connectivity index (χ1v) is 4.43. The summed E-state index contributed by atoms with van der Waals surface area (Å²) in [7, 11) is 2.96. The Bertz CT molecular complexity index is 349. The zero-order chi connectivity index (χ0) is 11.1. The molecule has 0 saturated carbocycles. The minimum absolute atomic E-state index is 0.338. The maximum atomic E-state index is 11.1. The van der Waals surface area contributed by atoms with Crippen molar-refractivity contribution in [2.24, 2.45) is 5.16 Å². The van der Waals surface area contributed by atoms with Gasteiger partial charge in [-0.25, -0.2) is 4.79 Å². The zero-order valence-corrected chi connectivity index (χ0v) is 8.65. The van der Waals surface area contributed by atoms with Gasteiger partial charge in [-0.05, 0) is 0 Å². The molecule has 0 bridgehead atoms. The lowest BCUT2D eigenvalue weighted by atomic mass is 10.2. The fourth-order valence-electron chi connectivity index (χ4n) is 1.01. The number of nitrogens with zero attached hydrogens (tertiary/aromatic N) is 1. The van der Waals surface area contributed by atoms with Gasteiger partial charge in [-0.2, -0.15) is 0 Å². The SMILES string of the molecule is CNC(=O)N/C(=N\OC)c1ccccc1. The number of carbonyl (C=O) groups is 1. The summed E-state index contributed by atoms with van der Waals surface area (Å²) >= 11 is 0. The predicted molar refractivity (Wildman–Crippen MR) is 57.6 cm³/mol. The van der Waals surface area contributed by atoms with Crippen molar-refractivity contribution in [2.75, 3.05) is 14.2 Å². The number of nitrogens with one attached hydrogen (secondary N) is 2. The Hall–Kier alpha value is -2.04. The van der Waals surface area contributed by atoms with Gasteiger partial charge in [0.2, 0.25) is 0 Å². The quantitative estimate of drug-likeness (QED) is 0.430. The highest BCUT2D eigenvalue weighted by molar-refractivity contribution is 6.07. The Balaban J connectivity index is 2.85. The Morgan fingerprint density at radius 1 is 1.33 bits per heavy atom. The second kappa shape index (κ2) is 5.64. The molecule has 1 rings (SSSR count). The first-order chi connectivity index (χ1) is 7.27. The summed E-state index contributed by atoms with van der Waals surface area (Å²) in [5, 5.41) is 8.72. The summed E-state index contributed by atoms with van der Waals surface area (Å²) in [4.78, 5) is 15.8. The molecule has 0 heterocycles. The van der Waals surface area contributed by atoms with Gasteiger partial charge < -0.3 is 10.2 Å². The average Bonchev–Trinajstić information content (AvgIpc) is 2.29. The van der Waals surface area contributed by atoms with Gasteiger partial charge in [0.25, 0.3) is 0 Å². The standard InChI is InChI=1S/C10H13N3O2/c1-11-10(14)12-9(13-15-2)8-6-4-3-5-7-8/h3-7H,1-2H3,(H2,11,12,13,14). The molecule has 80 valence electrons. The molecule has 0 saturated heterocycles. The lowest BCUT2D eigenvalue weighted by Gasteiger charge is -2.06. The van der Waals surface area contributed by atoms with E-state index in [1.54, 1.807) is 0 Å². The van der Waals surface area contributed by atoms with Crippen molar-refractivity contribution in [2.45, 2.75) is 0 Å². The molecular weight excluding hydrogens is 194 g/mol. The van der Waals surface area contributed by atoms with Crippen molar-refractivity contribution >= 4 is 11.9 Å². The van der Waals surface area contributed by atoms with E-state index < -0.39 is 0 Å². The molecule has 0 aliphatic carbocycles. The summed E-state index contributed by atoms with van der Waals surface area (Å²) < 4.78 is 0. The third kappa shape index (κ3) is 3.30. The van der Waals surface area contributed by atoms with Gasteiger partial charge in [-0.15, -0.1) is 0 Å². The number of rotatable bonds is 2. The van der Waals surface area contributed by atoms with E-state index in [2.05, 4.69) is 20.6 Å². The van der Waals surface area contributed by atoms with Gasteiger partial charge >= 0.3 is 6.03 Å². The van der Waals surface area contributed by atoms with Crippen LogP contribution in [0.1, 0.15) is 5.56 Å². The highest BCUT2D eigenvalue weighted by Crippen LogP contribution is 1.99. The van der Waals surface area contributed by atoms with Crippen LogP contribution in [0.5, 0.6) is 0 Å². The molecule has 1 aromatic carbocycles. The summed E-state index contributed by atoms with van der Waals surface area (Å²) in [5.74, 6) is 0.373. The van der Waals surface area contributed by atoms with E-state index in [1.165, 1.54) is 14.2 Å². The van der Waals surface area contributed by atoms with E-state index in [9.17, 15) is 4.79 Å². The molecule has 0 radical (unpaired) electrons. The van der Waals surface area contributed by atoms with Crippen molar-refractivity contribution in [3.63, 3.8) is 0 Å². The molecule has 5 nitrogen and oxygen atoms in total. The molecule has 0 aliphatic rings. The minimum Gasteiger partial charge on any atom is -0.397 e. The van der Waals surface area contributed by atoms with Crippen LogP contribution in [0, 0.1) is 0 Å². The van der Waals surface area contributed by atoms with E-state index >= 15 is 0 Å². The Kier molecular flexibility index (Phi) is 4.15. The second-order valence-corrected chi connectivity index (χ2v) is 2.69. The van der Waals surface area contributed by atoms with Crippen LogP contribution in [-0.2, 0) is 4.84 Å². The summed E-state index contributed by atoms with van der Waals surface area (Å²) in [5.41, 5.74) is 0.781.